The summed E-state index contributed by atoms with van der Waals surface area (Å²) < 4.78 is 14.6. The minimum absolute atomic E-state index is 0.169. The molecule has 7 nitrogen and oxygen atoms in total. The highest BCUT2D eigenvalue weighted by molar-refractivity contribution is 6.05. The Hall–Kier alpha value is -2.77. The lowest BCUT2D eigenvalue weighted by molar-refractivity contribution is -0.137. The number of anilines is 1. The SMILES string of the molecule is O=C1CCN(c2cc3c(cc2F)C(=O)N(C2CCC(=O)NC2=O)C3)CC1. The van der Waals surface area contributed by atoms with E-state index in [4.69, 9.17) is 0 Å². The second-order valence-corrected chi connectivity index (χ2v) is 6.89. The van der Waals surface area contributed by atoms with Crippen LogP contribution in [0.15, 0.2) is 12.1 Å². The van der Waals surface area contributed by atoms with Crippen molar-refractivity contribution in [2.24, 2.45) is 0 Å². The van der Waals surface area contributed by atoms with Gasteiger partial charge in [0.2, 0.25) is 11.8 Å². The van der Waals surface area contributed by atoms with Gasteiger partial charge in [-0.05, 0) is 24.1 Å². The van der Waals surface area contributed by atoms with Crippen LogP contribution in [0.3, 0.4) is 0 Å². The highest BCUT2D eigenvalue weighted by Crippen LogP contribution is 2.33. The number of halogens is 1. The van der Waals surface area contributed by atoms with Gasteiger partial charge in [-0.2, -0.15) is 0 Å². The number of hydrogen-bond acceptors (Lipinski definition) is 5. The van der Waals surface area contributed by atoms with Crippen molar-refractivity contribution >= 4 is 29.2 Å². The Balaban J connectivity index is 1.59. The van der Waals surface area contributed by atoms with E-state index in [9.17, 15) is 23.6 Å². The summed E-state index contributed by atoms with van der Waals surface area (Å²) in [5.41, 5.74) is 1.30. The van der Waals surface area contributed by atoms with Crippen molar-refractivity contribution in [3.05, 3.63) is 29.1 Å². The molecule has 0 aliphatic carbocycles. The molecule has 0 radical (unpaired) electrons. The molecule has 3 aliphatic rings. The maximum atomic E-state index is 14.6. The number of hydrogen-bond donors (Lipinski definition) is 1. The van der Waals surface area contributed by atoms with Crippen molar-refractivity contribution in [3.8, 4) is 0 Å². The summed E-state index contributed by atoms with van der Waals surface area (Å²) in [5, 5.41) is 2.25. The molecule has 0 saturated carbocycles. The first-order valence-corrected chi connectivity index (χ1v) is 8.68. The summed E-state index contributed by atoms with van der Waals surface area (Å²) in [6.45, 7) is 1.12. The number of fused-ring (bicyclic) bond motifs is 1. The molecule has 136 valence electrons. The molecule has 1 aromatic rings. The molecule has 3 amide bonds. The van der Waals surface area contributed by atoms with Crippen molar-refractivity contribution in [1.82, 2.24) is 10.2 Å². The van der Waals surface area contributed by atoms with Gasteiger partial charge in [0.25, 0.3) is 5.91 Å². The number of nitrogens with zero attached hydrogens (tertiary/aromatic N) is 2. The Morgan fingerprint density at radius 1 is 1.04 bits per heavy atom. The molecule has 0 bridgehead atoms. The van der Waals surface area contributed by atoms with Crippen LogP contribution in [0.25, 0.3) is 0 Å². The highest BCUT2D eigenvalue weighted by Gasteiger charge is 2.39. The zero-order valence-corrected chi connectivity index (χ0v) is 14.1. The molecule has 1 N–H and O–H groups in total. The third kappa shape index (κ3) is 2.75. The van der Waals surface area contributed by atoms with Gasteiger partial charge in [-0.3, -0.25) is 24.5 Å². The van der Waals surface area contributed by atoms with Gasteiger partial charge in [-0.1, -0.05) is 0 Å². The molecule has 4 rings (SSSR count). The summed E-state index contributed by atoms with van der Waals surface area (Å²) in [6, 6.07) is 2.14. The fourth-order valence-corrected chi connectivity index (χ4v) is 3.82. The molecular weight excluding hydrogens is 341 g/mol. The zero-order valence-electron chi connectivity index (χ0n) is 14.1. The van der Waals surface area contributed by atoms with Crippen molar-refractivity contribution in [1.29, 1.82) is 0 Å². The average molecular weight is 359 g/mol. The van der Waals surface area contributed by atoms with Crippen LogP contribution in [0.4, 0.5) is 10.1 Å². The number of carbonyl (C=O) groups is 4. The van der Waals surface area contributed by atoms with E-state index in [1.807, 2.05) is 4.90 Å². The summed E-state index contributed by atoms with van der Waals surface area (Å²) in [5.74, 6) is -1.56. The summed E-state index contributed by atoms with van der Waals surface area (Å²) >= 11 is 0. The topological polar surface area (TPSA) is 86.8 Å². The molecule has 0 spiro atoms. The van der Waals surface area contributed by atoms with E-state index in [2.05, 4.69) is 5.32 Å². The molecule has 1 unspecified atom stereocenters. The Morgan fingerprint density at radius 3 is 2.46 bits per heavy atom. The molecule has 1 atom stereocenters. The first kappa shape index (κ1) is 16.7. The van der Waals surface area contributed by atoms with Gasteiger partial charge in [-0.25, -0.2) is 4.39 Å². The van der Waals surface area contributed by atoms with Crippen molar-refractivity contribution in [3.63, 3.8) is 0 Å². The van der Waals surface area contributed by atoms with E-state index in [-0.39, 0.29) is 36.6 Å². The average Bonchev–Trinajstić information content (AvgIpc) is 2.91. The van der Waals surface area contributed by atoms with Gasteiger partial charge in [-0.15, -0.1) is 0 Å². The van der Waals surface area contributed by atoms with E-state index in [1.165, 1.54) is 11.0 Å². The van der Waals surface area contributed by atoms with Gasteiger partial charge in [0.1, 0.15) is 17.6 Å². The molecule has 0 aromatic heterocycles. The third-order valence-electron chi connectivity index (χ3n) is 5.25. The number of imide groups is 1. The standard InChI is InChI=1S/C18H18FN3O4/c19-13-8-12-10(7-15(13)21-5-3-11(23)4-6-21)9-22(18(12)26)14-1-2-16(24)20-17(14)25/h7-8,14H,1-6,9H2,(H,20,24,25). The molecule has 3 heterocycles. The van der Waals surface area contributed by atoms with E-state index in [0.717, 1.165) is 0 Å². The number of piperidine rings is 2. The van der Waals surface area contributed by atoms with E-state index < -0.39 is 23.7 Å². The number of nitrogens with one attached hydrogen (secondary N) is 1. The molecule has 8 heteroatoms. The number of carbonyl (C=O) groups excluding carboxylic acids is 4. The van der Waals surface area contributed by atoms with Crippen LogP contribution in [0.1, 0.15) is 41.6 Å². The van der Waals surface area contributed by atoms with Gasteiger partial charge in [0.15, 0.2) is 0 Å². The summed E-state index contributed by atoms with van der Waals surface area (Å²) in [6.07, 6.45) is 1.22. The maximum absolute atomic E-state index is 14.6. The lowest BCUT2D eigenvalue weighted by Gasteiger charge is -2.29. The van der Waals surface area contributed by atoms with Crippen LogP contribution >= 0.6 is 0 Å². The maximum Gasteiger partial charge on any atom is 0.255 e. The quantitative estimate of drug-likeness (QED) is 0.788. The fraction of sp³-hybridized carbons (Fsp3) is 0.444. The van der Waals surface area contributed by atoms with Gasteiger partial charge in [0.05, 0.1) is 5.69 Å². The van der Waals surface area contributed by atoms with Gasteiger partial charge < -0.3 is 9.80 Å². The monoisotopic (exact) mass is 359 g/mol. The lowest BCUT2D eigenvalue weighted by atomic mass is 10.0. The van der Waals surface area contributed by atoms with Crippen LogP contribution in [0, 0.1) is 5.82 Å². The first-order chi connectivity index (χ1) is 12.4. The van der Waals surface area contributed by atoms with Crippen molar-refractivity contribution in [2.45, 2.75) is 38.3 Å². The normalized spacial score (nSPS) is 23.3. The Bertz CT molecular complexity index is 828. The van der Waals surface area contributed by atoms with Gasteiger partial charge in [0, 0.05) is 44.5 Å². The van der Waals surface area contributed by atoms with E-state index in [1.54, 1.807) is 6.07 Å². The molecular formula is C18H18FN3O4. The highest BCUT2D eigenvalue weighted by atomic mass is 19.1. The Labute approximate surface area is 149 Å². The minimum atomic E-state index is -0.716. The smallest absolute Gasteiger partial charge is 0.255 e. The first-order valence-electron chi connectivity index (χ1n) is 8.68. The van der Waals surface area contributed by atoms with Crippen LogP contribution in [0.2, 0.25) is 0 Å². The third-order valence-corrected chi connectivity index (χ3v) is 5.25. The number of rotatable bonds is 2. The largest absolute Gasteiger partial charge is 0.368 e. The lowest BCUT2D eigenvalue weighted by Crippen LogP contribution is -2.52. The number of ketones is 1. The fourth-order valence-electron chi connectivity index (χ4n) is 3.82. The molecule has 1 aromatic carbocycles. The Kier molecular flexibility index (Phi) is 3.97. The van der Waals surface area contributed by atoms with Crippen molar-refractivity contribution < 1.29 is 23.6 Å². The van der Waals surface area contributed by atoms with Crippen LogP contribution in [-0.4, -0.2) is 47.5 Å². The Morgan fingerprint density at radius 2 is 1.77 bits per heavy atom. The predicted molar refractivity (Wildman–Crippen MR) is 88.9 cm³/mol. The van der Waals surface area contributed by atoms with Crippen LogP contribution < -0.4 is 10.2 Å². The molecule has 26 heavy (non-hydrogen) atoms. The second kappa shape index (κ2) is 6.19. The number of Topliss-reactive ketones (excluding diaryl/α,β-unsaturated/α-hetero) is 1. The minimum Gasteiger partial charge on any atom is -0.368 e. The zero-order chi connectivity index (χ0) is 18.4. The second-order valence-electron chi connectivity index (χ2n) is 6.89. The van der Waals surface area contributed by atoms with Gasteiger partial charge >= 0.3 is 0 Å². The van der Waals surface area contributed by atoms with E-state index in [0.29, 0.717) is 37.2 Å². The number of benzene rings is 1. The summed E-state index contributed by atoms with van der Waals surface area (Å²) in [4.78, 5) is 50.6. The number of amides is 3. The predicted octanol–water partition coefficient (Wildman–Crippen LogP) is 0.756. The molecule has 3 aliphatic heterocycles. The molecule has 2 fully saturated rings. The molecule has 2 saturated heterocycles. The van der Waals surface area contributed by atoms with Crippen molar-refractivity contribution in [2.75, 3.05) is 18.0 Å². The van der Waals surface area contributed by atoms with Crippen LogP contribution in [0.5, 0.6) is 0 Å². The van der Waals surface area contributed by atoms with E-state index >= 15 is 0 Å². The summed E-state index contributed by atoms with van der Waals surface area (Å²) in [7, 11) is 0. The van der Waals surface area contributed by atoms with Crippen LogP contribution in [-0.2, 0) is 20.9 Å².